The fourth-order valence-electron chi connectivity index (χ4n) is 3.41. The smallest absolute Gasteiger partial charge is 0.260 e. The van der Waals surface area contributed by atoms with Crippen LogP contribution < -0.4 is 4.90 Å². The number of hydrogen-bond donors (Lipinski definition) is 0. The second kappa shape index (κ2) is 9.25. The third kappa shape index (κ3) is 4.67. The zero-order valence-corrected chi connectivity index (χ0v) is 20.8. The van der Waals surface area contributed by atoms with Crippen LogP contribution in [0.1, 0.15) is 35.3 Å². The molecule has 1 heterocycles. The van der Waals surface area contributed by atoms with Crippen LogP contribution in [0.4, 0.5) is 5.13 Å². The van der Waals surface area contributed by atoms with Crippen molar-refractivity contribution in [1.82, 2.24) is 4.98 Å². The molecule has 0 aliphatic rings. The number of anilines is 1. The summed E-state index contributed by atoms with van der Waals surface area (Å²) in [5.74, 6) is -0.264. The number of thiazole rings is 1. The van der Waals surface area contributed by atoms with Gasteiger partial charge in [0.25, 0.3) is 5.91 Å². The lowest BCUT2D eigenvalue weighted by atomic mass is 10.1. The van der Waals surface area contributed by atoms with E-state index in [2.05, 4.69) is 0 Å². The molecule has 3 aromatic carbocycles. The minimum absolute atomic E-state index is 0.200. The summed E-state index contributed by atoms with van der Waals surface area (Å²) in [7, 11) is -3.42. The van der Waals surface area contributed by atoms with Crippen LogP contribution in [0, 0.1) is 6.92 Å². The van der Waals surface area contributed by atoms with Crippen LogP contribution in [0.25, 0.3) is 10.2 Å². The summed E-state index contributed by atoms with van der Waals surface area (Å²) in [4.78, 5) is 20.2. The zero-order chi connectivity index (χ0) is 23.8. The average molecular weight is 499 g/mol. The summed E-state index contributed by atoms with van der Waals surface area (Å²) in [5, 5.41) is 0.591. The second-order valence-electron chi connectivity index (χ2n) is 8.03. The van der Waals surface area contributed by atoms with Gasteiger partial charge in [0.1, 0.15) is 0 Å². The Labute approximate surface area is 202 Å². The fraction of sp³-hybridized carbons (Fsp3) is 0.200. The molecule has 4 rings (SSSR count). The molecule has 0 atom stereocenters. The van der Waals surface area contributed by atoms with E-state index < -0.39 is 15.1 Å². The van der Waals surface area contributed by atoms with Gasteiger partial charge in [-0.25, -0.2) is 13.4 Å². The first-order valence-corrected chi connectivity index (χ1v) is 13.2. The Balaban J connectivity index is 1.76. The van der Waals surface area contributed by atoms with E-state index in [9.17, 15) is 13.2 Å². The molecule has 0 N–H and O–H groups in total. The number of aryl methyl sites for hydroxylation is 1. The van der Waals surface area contributed by atoms with Crippen molar-refractivity contribution in [3.8, 4) is 0 Å². The van der Waals surface area contributed by atoms with Gasteiger partial charge >= 0.3 is 0 Å². The van der Waals surface area contributed by atoms with Crippen LogP contribution >= 0.6 is 22.9 Å². The quantitative estimate of drug-likeness (QED) is 0.313. The molecule has 170 valence electrons. The first-order chi connectivity index (χ1) is 15.7. The molecule has 0 fully saturated rings. The van der Waals surface area contributed by atoms with Gasteiger partial charge in [-0.05, 0) is 62.2 Å². The maximum atomic E-state index is 13.6. The van der Waals surface area contributed by atoms with Gasteiger partial charge in [-0.1, -0.05) is 59.3 Å². The SMILES string of the molecule is Cc1ccc(Cl)c2sc(N(Cc3ccccc3)C(=O)c3ccc(S(=O)(=O)C(C)C)cc3)nc12. The molecular weight excluding hydrogens is 476 g/mol. The van der Waals surface area contributed by atoms with E-state index in [4.69, 9.17) is 16.6 Å². The van der Waals surface area contributed by atoms with Crippen molar-refractivity contribution in [1.29, 1.82) is 0 Å². The summed E-state index contributed by atoms with van der Waals surface area (Å²) in [6.45, 7) is 5.55. The van der Waals surface area contributed by atoms with Crippen LogP contribution in [0.3, 0.4) is 0 Å². The molecule has 0 saturated carbocycles. The normalized spacial score (nSPS) is 11.8. The van der Waals surface area contributed by atoms with Gasteiger partial charge < -0.3 is 0 Å². The molecule has 0 radical (unpaired) electrons. The van der Waals surface area contributed by atoms with E-state index in [0.29, 0.717) is 22.3 Å². The van der Waals surface area contributed by atoms with Crippen LogP contribution in [-0.2, 0) is 16.4 Å². The van der Waals surface area contributed by atoms with E-state index >= 15 is 0 Å². The number of aromatic nitrogens is 1. The number of sulfone groups is 1. The Morgan fingerprint density at radius 3 is 2.30 bits per heavy atom. The minimum atomic E-state index is -3.42. The maximum absolute atomic E-state index is 13.6. The molecule has 0 spiro atoms. The summed E-state index contributed by atoms with van der Waals surface area (Å²) >= 11 is 7.77. The van der Waals surface area contributed by atoms with Crippen molar-refractivity contribution in [3.05, 3.63) is 88.4 Å². The van der Waals surface area contributed by atoms with Gasteiger partial charge in [0, 0.05) is 5.56 Å². The van der Waals surface area contributed by atoms with Gasteiger partial charge in [-0.2, -0.15) is 0 Å². The standard InChI is InChI=1S/C25H23ClN2O3S2/c1-16(2)33(30,31)20-12-10-19(11-13-20)24(29)28(15-18-7-5-4-6-8-18)25-27-22-17(3)9-14-21(26)23(22)32-25/h4-14,16H,15H2,1-3H3. The maximum Gasteiger partial charge on any atom is 0.260 e. The van der Waals surface area contributed by atoms with E-state index in [1.54, 1.807) is 30.9 Å². The Kier molecular flexibility index (Phi) is 6.56. The summed E-state index contributed by atoms with van der Waals surface area (Å²) in [6.07, 6.45) is 0. The molecule has 0 saturated heterocycles. The first-order valence-electron chi connectivity index (χ1n) is 10.4. The number of hydrogen-bond acceptors (Lipinski definition) is 5. The van der Waals surface area contributed by atoms with Crippen LogP contribution in [-0.4, -0.2) is 24.6 Å². The molecular formula is C25H23ClN2O3S2. The first kappa shape index (κ1) is 23.4. The van der Waals surface area contributed by atoms with E-state index in [-0.39, 0.29) is 10.8 Å². The van der Waals surface area contributed by atoms with Crippen LogP contribution in [0.15, 0.2) is 71.6 Å². The number of rotatable bonds is 6. The van der Waals surface area contributed by atoms with Crippen molar-refractivity contribution >= 4 is 54.0 Å². The van der Waals surface area contributed by atoms with Gasteiger partial charge in [0.2, 0.25) is 0 Å². The number of fused-ring (bicyclic) bond motifs is 1. The Morgan fingerprint density at radius 1 is 1.03 bits per heavy atom. The summed E-state index contributed by atoms with van der Waals surface area (Å²) in [6, 6.07) is 19.5. The molecule has 0 bridgehead atoms. The van der Waals surface area contributed by atoms with Gasteiger partial charge in [0.15, 0.2) is 15.0 Å². The van der Waals surface area contributed by atoms with Crippen molar-refractivity contribution in [2.24, 2.45) is 0 Å². The highest BCUT2D eigenvalue weighted by molar-refractivity contribution is 7.92. The lowest BCUT2D eigenvalue weighted by Gasteiger charge is -2.20. The lowest BCUT2D eigenvalue weighted by molar-refractivity contribution is 0.0985. The molecule has 0 aliphatic carbocycles. The third-order valence-electron chi connectivity index (χ3n) is 5.40. The lowest BCUT2D eigenvalue weighted by Crippen LogP contribution is -2.30. The molecule has 0 unspecified atom stereocenters. The molecule has 8 heteroatoms. The second-order valence-corrected chi connectivity index (χ2v) is 11.9. The topological polar surface area (TPSA) is 67.3 Å². The van der Waals surface area contributed by atoms with Crippen molar-refractivity contribution in [3.63, 3.8) is 0 Å². The monoisotopic (exact) mass is 498 g/mol. The van der Waals surface area contributed by atoms with Gasteiger partial charge in [-0.3, -0.25) is 9.69 Å². The number of nitrogens with zero attached hydrogens (tertiary/aromatic N) is 2. The van der Waals surface area contributed by atoms with E-state index in [0.717, 1.165) is 21.3 Å². The Bertz CT molecular complexity index is 1370. The molecule has 4 aromatic rings. The highest BCUT2D eigenvalue weighted by Crippen LogP contribution is 2.36. The van der Waals surface area contributed by atoms with Gasteiger partial charge in [0.05, 0.1) is 31.9 Å². The molecule has 1 aromatic heterocycles. The predicted molar refractivity (Wildman–Crippen MR) is 135 cm³/mol. The van der Waals surface area contributed by atoms with Gasteiger partial charge in [-0.15, -0.1) is 0 Å². The predicted octanol–water partition coefficient (Wildman–Crippen LogP) is 6.29. The Morgan fingerprint density at radius 2 is 1.70 bits per heavy atom. The van der Waals surface area contributed by atoms with Crippen molar-refractivity contribution in [2.45, 2.75) is 37.5 Å². The zero-order valence-electron chi connectivity index (χ0n) is 18.4. The number of benzene rings is 3. The largest absolute Gasteiger partial charge is 0.279 e. The average Bonchev–Trinajstić information content (AvgIpc) is 3.27. The molecule has 33 heavy (non-hydrogen) atoms. The Hall–Kier alpha value is -2.74. The third-order valence-corrected chi connectivity index (χ3v) is 9.11. The summed E-state index contributed by atoms with van der Waals surface area (Å²) < 4.78 is 25.7. The van der Waals surface area contributed by atoms with Crippen molar-refractivity contribution < 1.29 is 13.2 Å². The number of amides is 1. The molecule has 0 aliphatic heterocycles. The highest BCUT2D eigenvalue weighted by Gasteiger charge is 2.24. The molecule has 5 nitrogen and oxygen atoms in total. The highest BCUT2D eigenvalue weighted by atomic mass is 35.5. The summed E-state index contributed by atoms with van der Waals surface area (Å²) in [5.41, 5.74) is 3.08. The van der Waals surface area contributed by atoms with E-state index in [1.807, 2.05) is 49.4 Å². The fourth-order valence-corrected chi connectivity index (χ4v) is 5.79. The van der Waals surface area contributed by atoms with E-state index in [1.165, 1.54) is 23.5 Å². The minimum Gasteiger partial charge on any atom is -0.279 e. The number of halogens is 1. The van der Waals surface area contributed by atoms with Crippen LogP contribution in [0.2, 0.25) is 5.02 Å². The van der Waals surface area contributed by atoms with Crippen molar-refractivity contribution in [2.75, 3.05) is 4.90 Å². The van der Waals surface area contributed by atoms with Crippen LogP contribution in [0.5, 0.6) is 0 Å². The molecule has 1 amide bonds. The number of carbonyl (C=O) groups is 1. The number of carbonyl (C=O) groups excluding carboxylic acids is 1.